The van der Waals surface area contributed by atoms with Crippen LogP contribution in [0, 0.1) is 12.8 Å². The molecule has 6 heteroatoms. The number of carbonyl (C=O) groups is 2. The molecule has 1 aliphatic carbocycles. The largest absolute Gasteiger partial charge is 0.457 e. The number of ketones is 1. The van der Waals surface area contributed by atoms with Gasteiger partial charge < -0.3 is 9.84 Å². The number of aryl methyl sites for hydroxylation is 2. The minimum Gasteiger partial charge on any atom is -0.457 e. The summed E-state index contributed by atoms with van der Waals surface area (Å²) in [6.07, 6.45) is 6.35. The Morgan fingerprint density at radius 2 is 2.00 bits per heavy atom. The molecule has 2 atom stereocenters. The number of ether oxygens (including phenoxy) is 1. The third-order valence-electron chi connectivity index (χ3n) is 7.43. The molecule has 2 unspecified atom stereocenters. The summed E-state index contributed by atoms with van der Waals surface area (Å²) in [5, 5.41) is 13.1. The van der Waals surface area contributed by atoms with Crippen molar-refractivity contribution < 1.29 is 19.4 Å². The van der Waals surface area contributed by atoms with E-state index >= 15 is 0 Å². The smallest absolute Gasteiger partial charge is 0.327 e. The quantitative estimate of drug-likeness (QED) is 0.355. The van der Waals surface area contributed by atoms with Crippen LogP contribution in [0.4, 0.5) is 0 Å². The highest BCUT2D eigenvalue weighted by atomic mass is 32.2. The van der Waals surface area contributed by atoms with Gasteiger partial charge in [-0.3, -0.25) is 9.59 Å². The molecule has 2 aliphatic rings. The van der Waals surface area contributed by atoms with E-state index in [0.29, 0.717) is 12.3 Å². The third kappa shape index (κ3) is 5.23. The van der Waals surface area contributed by atoms with Crippen LogP contribution in [0.15, 0.2) is 33.9 Å². The highest BCUT2D eigenvalue weighted by Gasteiger charge is 2.49. The molecule has 1 aliphatic heterocycles. The first-order valence-electron chi connectivity index (χ1n) is 12.0. The number of aliphatic hydroxyl groups is 1. The molecule has 4 rings (SSSR count). The van der Waals surface area contributed by atoms with E-state index in [0.717, 1.165) is 35.3 Å². The molecule has 1 saturated carbocycles. The van der Waals surface area contributed by atoms with Gasteiger partial charge >= 0.3 is 5.97 Å². The Morgan fingerprint density at radius 1 is 1.24 bits per heavy atom. The van der Waals surface area contributed by atoms with Crippen LogP contribution in [0.5, 0.6) is 0 Å². The Morgan fingerprint density at radius 3 is 2.61 bits per heavy atom. The summed E-state index contributed by atoms with van der Waals surface area (Å²) >= 11 is 3.01. The zero-order valence-electron chi connectivity index (χ0n) is 19.8. The first-order valence-corrected chi connectivity index (χ1v) is 13.8. The second kappa shape index (κ2) is 10.3. The minimum atomic E-state index is -0.822. The lowest BCUT2D eigenvalue weighted by Gasteiger charge is -2.41. The fraction of sp³-hybridized carbons (Fsp3) is 0.556. The number of hydrogen-bond acceptors (Lipinski definition) is 6. The molecule has 1 saturated heterocycles. The number of benzene rings is 1. The summed E-state index contributed by atoms with van der Waals surface area (Å²) in [4.78, 5) is 27.6. The number of rotatable bonds is 8. The Hall–Kier alpha value is -1.63. The first-order chi connectivity index (χ1) is 15.8. The number of aliphatic hydroxyl groups excluding tert-OH is 1. The number of hydrogen-bond donors (Lipinski definition) is 1. The van der Waals surface area contributed by atoms with E-state index in [4.69, 9.17) is 4.74 Å². The molecule has 2 heterocycles. The van der Waals surface area contributed by atoms with Crippen molar-refractivity contribution in [2.45, 2.75) is 94.0 Å². The molecule has 0 amide bonds. The summed E-state index contributed by atoms with van der Waals surface area (Å²) in [7, 11) is 0. The van der Waals surface area contributed by atoms with Gasteiger partial charge in [0.1, 0.15) is 5.60 Å². The minimum absolute atomic E-state index is 0.00192. The van der Waals surface area contributed by atoms with Crippen LogP contribution in [-0.2, 0) is 27.4 Å². The van der Waals surface area contributed by atoms with Crippen LogP contribution in [0.1, 0.15) is 80.5 Å². The number of carbonyl (C=O) groups excluding carboxylic acids is 2. The Kier molecular flexibility index (Phi) is 7.66. The highest BCUT2D eigenvalue weighted by Crippen LogP contribution is 2.44. The van der Waals surface area contributed by atoms with Gasteiger partial charge in [0.25, 0.3) is 0 Å². The third-order valence-corrected chi connectivity index (χ3v) is 9.46. The van der Waals surface area contributed by atoms with Gasteiger partial charge in [0.2, 0.25) is 0 Å². The van der Waals surface area contributed by atoms with Crippen molar-refractivity contribution in [3.05, 3.63) is 51.2 Å². The van der Waals surface area contributed by atoms with Crippen molar-refractivity contribution in [1.29, 1.82) is 0 Å². The molecule has 2 aromatic rings. The predicted molar refractivity (Wildman–Crippen MR) is 134 cm³/mol. The van der Waals surface area contributed by atoms with Crippen LogP contribution >= 0.6 is 23.1 Å². The Bertz CT molecular complexity index is 972. The van der Waals surface area contributed by atoms with Gasteiger partial charge in [0.15, 0.2) is 11.0 Å². The van der Waals surface area contributed by atoms with E-state index in [1.54, 1.807) is 11.3 Å². The van der Waals surface area contributed by atoms with Crippen molar-refractivity contribution in [3.63, 3.8) is 0 Å². The first kappa shape index (κ1) is 24.5. The van der Waals surface area contributed by atoms with E-state index in [1.165, 1.54) is 35.7 Å². The van der Waals surface area contributed by atoms with Gasteiger partial charge in [-0.15, -0.1) is 11.8 Å². The van der Waals surface area contributed by atoms with E-state index < -0.39 is 16.8 Å². The molecule has 4 nitrogen and oxygen atoms in total. The molecule has 178 valence electrons. The van der Waals surface area contributed by atoms with Crippen molar-refractivity contribution in [1.82, 2.24) is 0 Å². The van der Waals surface area contributed by atoms with Crippen LogP contribution in [0.2, 0.25) is 0 Å². The standard InChI is InChI=1S/C27H34O4S2/c1-17(2)27(10-8-19-9-11-32-16-19)14-23(29)25(26(30)31-27)33-24-12-18(3)21(15-28)13-22(24)20-6-4-5-7-20/h9,11-13,16-17,20,25,28H,4-8,10,14-15H2,1-3H3. The number of cyclic esters (lactones) is 1. The van der Waals surface area contributed by atoms with Crippen molar-refractivity contribution in [2.24, 2.45) is 5.92 Å². The molecule has 1 aromatic carbocycles. The topological polar surface area (TPSA) is 63.6 Å². The van der Waals surface area contributed by atoms with Gasteiger partial charge in [-0.2, -0.15) is 11.3 Å². The fourth-order valence-electron chi connectivity index (χ4n) is 5.16. The maximum atomic E-state index is 13.4. The number of thioether (sulfide) groups is 1. The predicted octanol–water partition coefficient (Wildman–Crippen LogP) is 6.21. The lowest BCUT2D eigenvalue weighted by Crippen LogP contribution is -2.52. The number of thiophene rings is 1. The van der Waals surface area contributed by atoms with E-state index in [-0.39, 0.29) is 24.7 Å². The van der Waals surface area contributed by atoms with E-state index in [1.807, 2.05) is 32.2 Å². The molecule has 33 heavy (non-hydrogen) atoms. The lowest BCUT2D eigenvalue weighted by molar-refractivity contribution is -0.176. The zero-order chi connectivity index (χ0) is 23.6. The van der Waals surface area contributed by atoms with Gasteiger partial charge in [0, 0.05) is 11.3 Å². The Balaban J connectivity index is 1.56. The molecule has 1 aromatic heterocycles. The molecule has 0 spiro atoms. The molecule has 0 radical (unpaired) electrons. The fourth-order valence-corrected chi connectivity index (χ4v) is 7.09. The normalized spacial score (nSPS) is 24.0. The van der Waals surface area contributed by atoms with E-state index in [9.17, 15) is 14.7 Å². The summed E-state index contributed by atoms with van der Waals surface area (Å²) in [6.45, 7) is 6.05. The van der Waals surface area contributed by atoms with Crippen LogP contribution in [0.25, 0.3) is 0 Å². The SMILES string of the molecule is Cc1cc(SC2C(=O)CC(CCc3ccsc3)(C(C)C)OC2=O)c(C2CCCC2)cc1CO. The monoisotopic (exact) mass is 486 g/mol. The van der Waals surface area contributed by atoms with Crippen LogP contribution < -0.4 is 0 Å². The van der Waals surface area contributed by atoms with Crippen LogP contribution in [-0.4, -0.2) is 27.7 Å². The highest BCUT2D eigenvalue weighted by molar-refractivity contribution is 8.01. The van der Waals surface area contributed by atoms with Crippen molar-refractivity contribution >= 4 is 34.9 Å². The molecular weight excluding hydrogens is 452 g/mol. The number of esters is 1. The zero-order valence-corrected chi connectivity index (χ0v) is 21.4. The lowest BCUT2D eigenvalue weighted by atomic mass is 9.78. The average Bonchev–Trinajstić information content (AvgIpc) is 3.49. The summed E-state index contributed by atoms with van der Waals surface area (Å²) in [5.41, 5.74) is 3.57. The number of Topliss-reactive ketones (excluding diaryl/α,β-unsaturated/α-hetero) is 1. The summed E-state index contributed by atoms with van der Waals surface area (Å²) in [6, 6.07) is 6.23. The molecule has 0 bridgehead atoms. The van der Waals surface area contributed by atoms with Crippen molar-refractivity contribution in [2.75, 3.05) is 0 Å². The molecular formula is C27H34O4S2. The van der Waals surface area contributed by atoms with Gasteiger partial charge in [-0.1, -0.05) is 32.8 Å². The Labute approximate surface area is 205 Å². The molecule has 2 fully saturated rings. The van der Waals surface area contributed by atoms with E-state index in [2.05, 4.69) is 17.5 Å². The van der Waals surface area contributed by atoms with Crippen LogP contribution in [0.3, 0.4) is 0 Å². The van der Waals surface area contributed by atoms with Gasteiger partial charge in [-0.05, 0) is 89.6 Å². The maximum absolute atomic E-state index is 13.4. The van der Waals surface area contributed by atoms with Crippen molar-refractivity contribution in [3.8, 4) is 0 Å². The summed E-state index contributed by atoms with van der Waals surface area (Å²) < 4.78 is 6.11. The second-order valence-electron chi connectivity index (χ2n) is 9.87. The summed E-state index contributed by atoms with van der Waals surface area (Å²) in [5.74, 6) is 0.0525. The second-order valence-corrected chi connectivity index (χ2v) is 11.8. The molecule has 1 N–H and O–H groups in total. The van der Waals surface area contributed by atoms with Gasteiger partial charge in [0.05, 0.1) is 6.61 Å². The van der Waals surface area contributed by atoms with Gasteiger partial charge in [-0.25, -0.2) is 0 Å². The average molecular weight is 487 g/mol. The maximum Gasteiger partial charge on any atom is 0.327 e.